The Kier molecular flexibility index (Phi) is 14.1. The smallest absolute Gasteiger partial charge is 0.330 e. The van der Waals surface area contributed by atoms with Crippen LogP contribution in [0.25, 0.3) is 10.4 Å². The van der Waals surface area contributed by atoms with Crippen LogP contribution >= 0.6 is 0 Å². The average molecular weight is 337 g/mol. The van der Waals surface area contributed by atoms with Crippen LogP contribution in [0.1, 0.15) is 52.4 Å². The molecule has 0 bridgehead atoms. The first-order valence-electron chi connectivity index (χ1n) is 8.34. The zero-order chi connectivity index (χ0) is 18.0. The van der Waals surface area contributed by atoms with Gasteiger partial charge in [-0.1, -0.05) is 17.3 Å². The molecular formula is C17H27N3O4. The minimum Gasteiger partial charge on any atom is -0.463 e. The molecule has 0 rings (SSSR count). The van der Waals surface area contributed by atoms with E-state index in [2.05, 4.69) is 10.0 Å². The standard InChI is InChI=1S/C17H27N3O4/c1-3-23-16(21)13-9-5-7-11-15(19-20-18)12-8-6-10-14-17(22)24-4-2/h9-10,13-15H,3-8,11-12H2,1-2H3/b13-9+,14-10+. The number of nitrogens with zero attached hydrogens (tertiary/aromatic N) is 3. The van der Waals surface area contributed by atoms with E-state index in [1.54, 1.807) is 26.0 Å². The fourth-order valence-corrected chi connectivity index (χ4v) is 2.02. The minimum atomic E-state index is -0.336. The van der Waals surface area contributed by atoms with Gasteiger partial charge in [-0.25, -0.2) is 9.59 Å². The summed E-state index contributed by atoms with van der Waals surface area (Å²) in [6, 6.07) is -0.0676. The number of carbonyl (C=O) groups excluding carboxylic acids is 2. The van der Waals surface area contributed by atoms with Gasteiger partial charge in [-0.2, -0.15) is 0 Å². The quantitative estimate of drug-likeness (QED) is 0.125. The number of allylic oxidation sites excluding steroid dienone is 2. The van der Waals surface area contributed by atoms with Gasteiger partial charge >= 0.3 is 11.9 Å². The lowest BCUT2D eigenvalue weighted by molar-refractivity contribution is -0.138. The third-order valence-corrected chi connectivity index (χ3v) is 3.11. The molecule has 0 heterocycles. The highest BCUT2D eigenvalue weighted by molar-refractivity contribution is 5.82. The molecule has 24 heavy (non-hydrogen) atoms. The summed E-state index contributed by atoms with van der Waals surface area (Å²) in [7, 11) is 0. The molecular weight excluding hydrogens is 310 g/mol. The second kappa shape index (κ2) is 15.6. The molecule has 0 spiro atoms. The van der Waals surface area contributed by atoms with E-state index in [-0.39, 0.29) is 18.0 Å². The van der Waals surface area contributed by atoms with Gasteiger partial charge < -0.3 is 9.47 Å². The number of carbonyl (C=O) groups is 2. The van der Waals surface area contributed by atoms with Crippen LogP contribution in [0.4, 0.5) is 0 Å². The normalized spacial score (nSPS) is 11.0. The van der Waals surface area contributed by atoms with E-state index < -0.39 is 0 Å². The third kappa shape index (κ3) is 13.4. The SMILES string of the molecule is CCOC(=O)/C=C/CCCC(CCC/C=C/C(=O)OCC)N=[N+]=[N-]. The molecule has 0 saturated heterocycles. The van der Waals surface area contributed by atoms with E-state index in [0.717, 1.165) is 38.5 Å². The lowest BCUT2D eigenvalue weighted by Gasteiger charge is -2.09. The Balaban J connectivity index is 3.95. The van der Waals surface area contributed by atoms with Crippen LogP contribution in [0, 0.1) is 0 Å². The van der Waals surface area contributed by atoms with Gasteiger partial charge in [0, 0.05) is 23.1 Å². The molecule has 0 unspecified atom stereocenters. The Morgan fingerprint density at radius 3 is 1.83 bits per heavy atom. The molecule has 7 heteroatoms. The van der Waals surface area contributed by atoms with Gasteiger partial charge in [0.1, 0.15) is 0 Å². The Morgan fingerprint density at radius 2 is 1.46 bits per heavy atom. The number of hydrogen-bond donors (Lipinski definition) is 0. The maximum atomic E-state index is 11.1. The van der Waals surface area contributed by atoms with Gasteiger partial charge in [0.25, 0.3) is 0 Å². The largest absolute Gasteiger partial charge is 0.463 e. The summed E-state index contributed by atoms with van der Waals surface area (Å²) in [6.45, 7) is 4.26. The monoisotopic (exact) mass is 337 g/mol. The van der Waals surface area contributed by atoms with Crippen molar-refractivity contribution < 1.29 is 19.1 Å². The van der Waals surface area contributed by atoms with E-state index in [0.29, 0.717) is 13.2 Å². The summed E-state index contributed by atoms with van der Waals surface area (Å²) in [4.78, 5) is 25.1. The molecule has 0 aliphatic carbocycles. The van der Waals surface area contributed by atoms with Crippen molar-refractivity contribution in [1.29, 1.82) is 0 Å². The molecule has 0 amide bonds. The van der Waals surface area contributed by atoms with Gasteiger partial charge in [0.2, 0.25) is 0 Å². The number of unbranched alkanes of at least 4 members (excludes halogenated alkanes) is 2. The highest BCUT2D eigenvalue weighted by atomic mass is 16.5. The molecule has 0 aromatic heterocycles. The van der Waals surface area contributed by atoms with Gasteiger partial charge in [-0.15, -0.1) is 0 Å². The van der Waals surface area contributed by atoms with Gasteiger partial charge in [0.05, 0.1) is 13.2 Å². The minimum absolute atomic E-state index is 0.0676. The second-order valence-corrected chi connectivity index (χ2v) is 5.03. The van der Waals surface area contributed by atoms with Crippen LogP contribution in [0.15, 0.2) is 29.4 Å². The number of rotatable bonds is 13. The maximum Gasteiger partial charge on any atom is 0.330 e. The molecule has 0 aliphatic heterocycles. The van der Waals surface area contributed by atoms with Crippen molar-refractivity contribution in [1.82, 2.24) is 0 Å². The number of azide groups is 1. The summed E-state index contributed by atoms with van der Waals surface area (Å²) in [6.07, 6.45) is 11.0. The molecule has 0 radical (unpaired) electrons. The van der Waals surface area contributed by atoms with Gasteiger partial charge in [-0.05, 0) is 57.9 Å². The van der Waals surface area contributed by atoms with Crippen molar-refractivity contribution in [2.24, 2.45) is 5.11 Å². The van der Waals surface area contributed by atoms with E-state index in [4.69, 9.17) is 15.0 Å². The zero-order valence-electron chi connectivity index (χ0n) is 14.5. The Hall–Kier alpha value is -2.27. The van der Waals surface area contributed by atoms with Crippen molar-refractivity contribution in [3.05, 3.63) is 34.7 Å². The number of esters is 2. The number of ether oxygens (including phenoxy) is 2. The zero-order valence-corrected chi connectivity index (χ0v) is 14.5. The molecule has 134 valence electrons. The van der Waals surface area contributed by atoms with Crippen molar-refractivity contribution >= 4 is 11.9 Å². The predicted octanol–water partition coefficient (Wildman–Crippen LogP) is 4.24. The fraction of sp³-hybridized carbons (Fsp3) is 0.647. The molecule has 0 fully saturated rings. The molecule has 0 atom stereocenters. The molecule has 0 aromatic rings. The summed E-state index contributed by atoms with van der Waals surface area (Å²) in [5.74, 6) is -0.671. The Bertz CT molecular complexity index is 434. The van der Waals surface area contributed by atoms with Crippen molar-refractivity contribution in [3.63, 3.8) is 0 Å². The highest BCUT2D eigenvalue weighted by Gasteiger charge is 2.05. The first-order chi connectivity index (χ1) is 11.6. The molecule has 0 N–H and O–H groups in total. The van der Waals surface area contributed by atoms with Crippen LogP contribution in [-0.2, 0) is 19.1 Å². The maximum absolute atomic E-state index is 11.1. The van der Waals surface area contributed by atoms with Crippen LogP contribution in [0.5, 0.6) is 0 Å². The summed E-state index contributed by atoms with van der Waals surface area (Å²) in [5, 5.41) is 3.80. The first-order valence-corrected chi connectivity index (χ1v) is 8.34. The van der Waals surface area contributed by atoms with E-state index in [1.165, 1.54) is 12.2 Å². The van der Waals surface area contributed by atoms with Crippen LogP contribution in [0.2, 0.25) is 0 Å². The summed E-state index contributed by atoms with van der Waals surface area (Å²) in [5.41, 5.74) is 8.61. The third-order valence-electron chi connectivity index (χ3n) is 3.11. The Labute approximate surface area is 143 Å². The van der Waals surface area contributed by atoms with E-state index >= 15 is 0 Å². The van der Waals surface area contributed by atoms with E-state index in [1.807, 2.05) is 0 Å². The van der Waals surface area contributed by atoms with Crippen molar-refractivity contribution in [2.45, 2.75) is 58.4 Å². The fourth-order valence-electron chi connectivity index (χ4n) is 2.02. The Morgan fingerprint density at radius 1 is 1.00 bits per heavy atom. The van der Waals surface area contributed by atoms with Crippen molar-refractivity contribution in [2.75, 3.05) is 13.2 Å². The van der Waals surface area contributed by atoms with Crippen LogP contribution in [-0.4, -0.2) is 31.2 Å². The van der Waals surface area contributed by atoms with Crippen LogP contribution in [0.3, 0.4) is 0 Å². The predicted molar refractivity (Wildman–Crippen MR) is 92.2 cm³/mol. The first kappa shape index (κ1) is 21.7. The lowest BCUT2D eigenvalue weighted by Crippen LogP contribution is -2.03. The highest BCUT2D eigenvalue weighted by Crippen LogP contribution is 2.13. The topological polar surface area (TPSA) is 101 Å². The van der Waals surface area contributed by atoms with Gasteiger partial charge in [0.15, 0.2) is 0 Å². The second-order valence-electron chi connectivity index (χ2n) is 5.03. The molecule has 0 saturated carbocycles. The van der Waals surface area contributed by atoms with Gasteiger partial charge in [-0.3, -0.25) is 0 Å². The molecule has 0 aliphatic rings. The average Bonchev–Trinajstić information content (AvgIpc) is 2.54. The number of hydrogen-bond acceptors (Lipinski definition) is 5. The summed E-state index contributed by atoms with van der Waals surface area (Å²) < 4.78 is 9.57. The summed E-state index contributed by atoms with van der Waals surface area (Å²) >= 11 is 0. The lowest BCUT2D eigenvalue weighted by atomic mass is 10.0. The molecule has 7 nitrogen and oxygen atoms in total. The molecule has 0 aromatic carbocycles. The van der Waals surface area contributed by atoms with E-state index in [9.17, 15) is 9.59 Å². The van der Waals surface area contributed by atoms with Crippen molar-refractivity contribution in [3.8, 4) is 0 Å². The van der Waals surface area contributed by atoms with Crippen LogP contribution < -0.4 is 0 Å².